The molecule has 23 heavy (non-hydrogen) atoms. The number of halogens is 1. The number of carbonyl (C=O) groups is 1. The molecular weight excluding hydrogens is 315 g/mol. The van der Waals surface area contributed by atoms with Crippen molar-refractivity contribution < 1.29 is 14.3 Å². The third-order valence-corrected chi connectivity index (χ3v) is 4.97. The van der Waals surface area contributed by atoms with Gasteiger partial charge < -0.3 is 15.7 Å². The highest BCUT2D eigenvalue weighted by Crippen LogP contribution is 2.24. The van der Waals surface area contributed by atoms with Gasteiger partial charge in [0.2, 0.25) is 0 Å². The Labute approximate surface area is 141 Å². The lowest BCUT2D eigenvalue weighted by Gasteiger charge is -2.30. The zero-order valence-electron chi connectivity index (χ0n) is 13.5. The summed E-state index contributed by atoms with van der Waals surface area (Å²) in [6.07, 6.45) is 6.02. The van der Waals surface area contributed by atoms with Crippen LogP contribution < -0.4 is 10.6 Å². The van der Waals surface area contributed by atoms with E-state index in [0.717, 1.165) is 36.8 Å². The van der Waals surface area contributed by atoms with Gasteiger partial charge in [0.25, 0.3) is 0 Å². The summed E-state index contributed by atoms with van der Waals surface area (Å²) in [5.41, 5.74) is 1.84. The number of benzene rings is 1. The maximum atomic E-state index is 13.3. The summed E-state index contributed by atoms with van der Waals surface area (Å²) in [5, 5.41) is 15.2. The van der Waals surface area contributed by atoms with E-state index in [1.807, 2.05) is 6.26 Å². The monoisotopic (exact) mass is 340 g/mol. The number of amides is 2. The first kappa shape index (κ1) is 18.1. The number of carbonyl (C=O) groups excluding carboxylic acids is 1. The highest BCUT2D eigenvalue weighted by Gasteiger charge is 2.25. The van der Waals surface area contributed by atoms with Gasteiger partial charge in [-0.05, 0) is 42.4 Å². The predicted octanol–water partition coefficient (Wildman–Crippen LogP) is 3.04. The molecule has 2 unspecified atom stereocenters. The lowest BCUT2D eigenvalue weighted by atomic mass is 9.85. The molecule has 1 aromatic rings. The second-order valence-electron chi connectivity index (χ2n) is 6.01. The van der Waals surface area contributed by atoms with Gasteiger partial charge in [-0.1, -0.05) is 18.9 Å². The average Bonchev–Trinajstić information content (AvgIpc) is 2.55. The Morgan fingerprint density at radius 3 is 2.87 bits per heavy atom. The number of aliphatic hydroxyl groups excluding tert-OH is 1. The van der Waals surface area contributed by atoms with Gasteiger partial charge in [0.15, 0.2) is 0 Å². The van der Waals surface area contributed by atoms with Crippen molar-refractivity contribution in [1.82, 2.24) is 10.6 Å². The second kappa shape index (κ2) is 9.13. The standard InChI is InChI=1S/C17H25FN2O2S/c1-23-11-14-8-15(18)7-6-12(14)9-19-17(22)20-16-5-3-2-4-13(16)10-21/h6-8,13,16,21H,2-5,9-11H2,1H3,(H2,19,20,22). The minimum Gasteiger partial charge on any atom is -0.396 e. The molecular formula is C17H25FN2O2S. The Morgan fingerprint density at radius 2 is 2.13 bits per heavy atom. The topological polar surface area (TPSA) is 61.4 Å². The van der Waals surface area contributed by atoms with Crippen molar-refractivity contribution in [2.75, 3.05) is 12.9 Å². The lowest BCUT2D eigenvalue weighted by Crippen LogP contribution is -2.47. The molecule has 0 bridgehead atoms. The molecule has 1 saturated carbocycles. The van der Waals surface area contributed by atoms with Crippen LogP contribution >= 0.6 is 11.8 Å². The fourth-order valence-electron chi connectivity index (χ4n) is 3.07. The van der Waals surface area contributed by atoms with Crippen molar-refractivity contribution in [2.45, 2.75) is 44.0 Å². The van der Waals surface area contributed by atoms with Crippen LogP contribution in [0.5, 0.6) is 0 Å². The van der Waals surface area contributed by atoms with E-state index in [4.69, 9.17) is 0 Å². The SMILES string of the molecule is CSCc1cc(F)ccc1CNC(=O)NC1CCCCC1CO. The van der Waals surface area contributed by atoms with Gasteiger partial charge in [0.1, 0.15) is 5.82 Å². The van der Waals surface area contributed by atoms with E-state index in [2.05, 4.69) is 10.6 Å². The van der Waals surface area contributed by atoms with E-state index in [0.29, 0.717) is 12.3 Å². The summed E-state index contributed by atoms with van der Waals surface area (Å²) in [6.45, 7) is 0.485. The number of nitrogens with one attached hydrogen (secondary N) is 2. The van der Waals surface area contributed by atoms with E-state index < -0.39 is 0 Å². The van der Waals surface area contributed by atoms with Gasteiger partial charge in [-0.2, -0.15) is 11.8 Å². The predicted molar refractivity (Wildman–Crippen MR) is 91.8 cm³/mol. The van der Waals surface area contributed by atoms with Crippen LogP contribution in [-0.4, -0.2) is 30.0 Å². The summed E-state index contributed by atoms with van der Waals surface area (Å²) in [7, 11) is 0. The second-order valence-corrected chi connectivity index (χ2v) is 6.87. The Hall–Kier alpha value is -1.27. The average molecular weight is 340 g/mol. The maximum Gasteiger partial charge on any atom is 0.315 e. The van der Waals surface area contributed by atoms with E-state index in [1.54, 1.807) is 17.8 Å². The molecule has 2 atom stereocenters. The van der Waals surface area contributed by atoms with Crippen LogP contribution in [0.25, 0.3) is 0 Å². The van der Waals surface area contributed by atoms with Crippen molar-refractivity contribution in [3.63, 3.8) is 0 Å². The molecule has 1 aromatic carbocycles. The Balaban J connectivity index is 1.89. The molecule has 0 radical (unpaired) electrons. The molecule has 1 aliphatic rings. The molecule has 0 heterocycles. The molecule has 128 valence electrons. The fourth-order valence-corrected chi connectivity index (χ4v) is 3.65. The summed E-state index contributed by atoms with van der Waals surface area (Å²) in [4.78, 5) is 12.1. The molecule has 4 nitrogen and oxygen atoms in total. The Kier molecular flexibility index (Phi) is 7.17. The molecule has 0 spiro atoms. The van der Waals surface area contributed by atoms with E-state index in [-0.39, 0.29) is 30.4 Å². The van der Waals surface area contributed by atoms with Gasteiger partial charge >= 0.3 is 6.03 Å². The van der Waals surface area contributed by atoms with Gasteiger partial charge in [0, 0.05) is 30.9 Å². The fraction of sp³-hybridized carbons (Fsp3) is 0.588. The van der Waals surface area contributed by atoms with Crippen LogP contribution in [0.1, 0.15) is 36.8 Å². The van der Waals surface area contributed by atoms with Crippen LogP contribution in [0.15, 0.2) is 18.2 Å². The Bertz CT molecular complexity index is 527. The van der Waals surface area contributed by atoms with Crippen molar-refractivity contribution in [1.29, 1.82) is 0 Å². The zero-order valence-corrected chi connectivity index (χ0v) is 14.3. The summed E-state index contributed by atoms with van der Waals surface area (Å²) >= 11 is 1.62. The third kappa shape index (κ3) is 5.39. The van der Waals surface area contributed by atoms with Crippen LogP contribution in [0, 0.1) is 11.7 Å². The van der Waals surface area contributed by atoms with Crippen LogP contribution in [0.4, 0.5) is 9.18 Å². The smallest absolute Gasteiger partial charge is 0.315 e. The number of thioether (sulfide) groups is 1. The van der Waals surface area contributed by atoms with Crippen molar-refractivity contribution in [2.24, 2.45) is 5.92 Å². The largest absolute Gasteiger partial charge is 0.396 e. The van der Waals surface area contributed by atoms with Gasteiger partial charge in [-0.3, -0.25) is 0 Å². The molecule has 2 amide bonds. The zero-order chi connectivity index (χ0) is 16.7. The van der Waals surface area contributed by atoms with Gasteiger partial charge in [0.05, 0.1) is 0 Å². The molecule has 2 rings (SSSR count). The van der Waals surface area contributed by atoms with Crippen LogP contribution in [-0.2, 0) is 12.3 Å². The molecule has 1 aliphatic carbocycles. The molecule has 0 aromatic heterocycles. The van der Waals surface area contributed by atoms with Gasteiger partial charge in [-0.15, -0.1) is 0 Å². The lowest BCUT2D eigenvalue weighted by molar-refractivity contribution is 0.153. The molecule has 1 fully saturated rings. The van der Waals surface area contributed by atoms with Crippen LogP contribution in [0.2, 0.25) is 0 Å². The first-order valence-electron chi connectivity index (χ1n) is 8.05. The highest BCUT2D eigenvalue weighted by molar-refractivity contribution is 7.97. The van der Waals surface area contributed by atoms with Crippen molar-refractivity contribution in [3.8, 4) is 0 Å². The quantitative estimate of drug-likeness (QED) is 0.746. The summed E-state index contributed by atoms with van der Waals surface area (Å²) < 4.78 is 13.3. The molecule has 6 heteroatoms. The first-order chi connectivity index (χ1) is 11.1. The highest BCUT2D eigenvalue weighted by atomic mass is 32.2. The molecule has 3 N–H and O–H groups in total. The number of urea groups is 1. The normalized spacial score (nSPS) is 21.0. The first-order valence-corrected chi connectivity index (χ1v) is 9.45. The minimum atomic E-state index is -0.254. The van der Waals surface area contributed by atoms with Crippen molar-refractivity contribution >= 4 is 17.8 Å². The van der Waals surface area contributed by atoms with E-state index in [9.17, 15) is 14.3 Å². The number of rotatable bonds is 6. The van der Waals surface area contributed by atoms with E-state index in [1.165, 1.54) is 12.1 Å². The number of aliphatic hydroxyl groups is 1. The minimum absolute atomic E-state index is 0.0348. The molecule has 0 saturated heterocycles. The van der Waals surface area contributed by atoms with Gasteiger partial charge in [-0.25, -0.2) is 9.18 Å². The number of hydrogen-bond acceptors (Lipinski definition) is 3. The van der Waals surface area contributed by atoms with Crippen molar-refractivity contribution in [3.05, 3.63) is 35.1 Å². The Morgan fingerprint density at radius 1 is 1.35 bits per heavy atom. The molecule has 0 aliphatic heterocycles. The number of hydrogen-bond donors (Lipinski definition) is 3. The maximum absolute atomic E-state index is 13.3. The van der Waals surface area contributed by atoms with E-state index >= 15 is 0 Å². The third-order valence-electron chi connectivity index (χ3n) is 4.37. The summed E-state index contributed by atoms with van der Waals surface area (Å²) in [5.74, 6) is 0.605. The van der Waals surface area contributed by atoms with Crippen LogP contribution in [0.3, 0.4) is 0 Å². The summed E-state index contributed by atoms with van der Waals surface area (Å²) in [6, 6.07) is 4.47.